The minimum atomic E-state index is -4.61. The minimum absolute atomic E-state index is 0.0131. The number of hydrogen-bond acceptors (Lipinski definition) is 8. The molecule has 0 radical (unpaired) electrons. The molecule has 0 N–H and O–H groups in total. The highest BCUT2D eigenvalue weighted by Gasteiger charge is 2.21. The molecular formula is C29H48NO8P. The molecule has 0 aromatic rings. The molecule has 0 spiro atoms. The van der Waals surface area contributed by atoms with E-state index < -0.39 is 32.5 Å². The van der Waals surface area contributed by atoms with E-state index >= 15 is 0 Å². The van der Waals surface area contributed by atoms with Crippen molar-refractivity contribution in [2.45, 2.75) is 64.9 Å². The van der Waals surface area contributed by atoms with Gasteiger partial charge in [0.1, 0.15) is 19.8 Å². The highest BCUT2D eigenvalue weighted by atomic mass is 31.2. The number of hydrogen-bond donors (Lipinski definition) is 0. The third-order valence-corrected chi connectivity index (χ3v) is 5.85. The lowest BCUT2D eigenvalue weighted by molar-refractivity contribution is -0.870. The van der Waals surface area contributed by atoms with Crippen molar-refractivity contribution in [2.24, 2.45) is 0 Å². The Hall–Kier alpha value is -2.29. The molecule has 0 aliphatic rings. The van der Waals surface area contributed by atoms with Gasteiger partial charge in [-0.2, -0.15) is 0 Å². The normalized spacial score (nSPS) is 15.1. The Labute approximate surface area is 235 Å². The highest BCUT2D eigenvalue weighted by Crippen LogP contribution is 2.38. The maximum absolute atomic E-state index is 12.2. The van der Waals surface area contributed by atoms with Crippen LogP contribution in [0, 0.1) is 0 Å². The molecule has 0 amide bonds. The van der Waals surface area contributed by atoms with Gasteiger partial charge in [0.15, 0.2) is 6.10 Å². The Kier molecular flexibility index (Phi) is 21.2. The van der Waals surface area contributed by atoms with E-state index in [2.05, 4.69) is 43.4 Å². The van der Waals surface area contributed by atoms with Crippen LogP contribution in [0.2, 0.25) is 0 Å². The smallest absolute Gasteiger partial charge is 0.310 e. The van der Waals surface area contributed by atoms with Crippen LogP contribution in [0.4, 0.5) is 0 Å². The topological polar surface area (TPSA) is 111 Å². The molecule has 0 saturated heterocycles. The summed E-state index contributed by atoms with van der Waals surface area (Å²) in [6.45, 7) is 3.31. The van der Waals surface area contributed by atoms with Crippen LogP contribution in [-0.2, 0) is 32.7 Å². The van der Waals surface area contributed by atoms with Crippen molar-refractivity contribution in [3.8, 4) is 0 Å². The zero-order chi connectivity index (χ0) is 29.4. The van der Waals surface area contributed by atoms with Gasteiger partial charge < -0.3 is 27.9 Å². The van der Waals surface area contributed by atoms with Gasteiger partial charge in [0.25, 0.3) is 7.82 Å². The Morgan fingerprint density at radius 2 is 1.28 bits per heavy atom. The Balaban J connectivity index is 4.44. The molecular weight excluding hydrogens is 521 g/mol. The SMILES string of the molecule is CC/C=C\C/C=C\C/C=C\C/C=C\C/C=C\CC(=O)OC(COC(=O)CC)COP(=O)([O-])OCC[N+](C)(C)C. The van der Waals surface area contributed by atoms with E-state index in [1.165, 1.54) is 0 Å². The summed E-state index contributed by atoms with van der Waals surface area (Å²) < 4.78 is 32.5. The van der Waals surface area contributed by atoms with Crippen LogP contribution in [-0.4, -0.2) is 70.0 Å². The van der Waals surface area contributed by atoms with E-state index in [9.17, 15) is 19.0 Å². The number of carbonyl (C=O) groups is 2. The van der Waals surface area contributed by atoms with Gasteiger partial charge in [-0.25, -0.2) is 0 Å². The number of ether oxygens (including phenoxy) is 2. The van der Waals surface area contributed by atoms with Gasteiger partial charge in [0, 0.05) is 6.42 Å². The maximum atomic E-state index is 12.2. The monoisotopic (exact) mass is 569 g/mol. The first-order valence-corrected chi connectivity index (χ1v) is 15.0. The fourth-order valence-electron chi connectivity index (χ4n) is 2.71. The number of phosphoric ester groups is 1. The van der Waals surface area contributed by atoms with E-state index in [0.717, 1.165) is 25.7 Å². The summed E-state index contributed by atoms with van der Waals surface area (Å²) in [7, 11) is 1.09. The van der Waals surface area contributed by atoms with Crippen molar-refractivity contribution in [1.29, 1.82) is 0 Å². The molecule has 0 aliphatic carbocycles. The lowest BCUT2D eigenvalue weighted by Crippen LogP contribution is -2.37. The molecule has 0 fully saturated rings. The molecule has 0 aromatic carbocycles. The van der Waals surface area contributed by atoms with E-state index in [0.29, 0.717) is 17.4 Å². The first-order chi connectivity index (χ1) is 18.5. The summed E-state index contributed by atoms with van der Waals surface area (Å²) in [5.41, 5.74) is 0. The van der Waals surface area contributed by atoms with Crippen molar-refractivity contribution in [3.05, 3.63) is 60.8 Å². The van der Waals surface area contributed by atoms with Gasteiger partial charge in [0.05, 0.1) is 34.2 Å². The number of phosphoric acid groups is 1. The fourth-order valence-corrected chi connectivity index (χ4v) is 3.44. The average Bonchev–Trinajstić information content (AvgIpc) is 2.86. The summed E-state index contributed by atoms with van der Waals surface area (Å²) in [4.78, 5) is 35.7. The molecule has 0 aliphatic heterocycles. The first-order valence-electron chi connectivity index (χ1n) is 13.5. The zero-order valence-electron chi connectivity index (χ0n) is 24.3. The third kappa shape index (κ3) is 25.7. The van der Waals surface area contributed by atoms with E-state index in [1.807, 2.05) is 39.4 Å². The molecule has 9 nitrogen and oxygen atoms in total. The van der Waals surface area contributed by atoms with Gasteiger partial charge in [-0.1, -0.05) is 74.6 Å². The highest BCUT2D eigenvalue weighted by molar-refractivity contribution is 7.45. The number of carbonyl (C=O) groups excluding carboxylic acids is 2. The van der Waals surface area contributed by atoms with E-state index in [4.69, 9.17) is 18.5 Å². The van der Waals surface area contributed by atoms with Crippen LogP contribution < -0.4 is 4.89 Å². The molecule has 10 heteroatoms. The van der Waals surface area contributed by atoms with Gasteiger partial charge >= 0.3 is 11.9 Å². The van der Waals surface area contributed by atoms with Crippen molar-refractivity contribution in [3.63, 3.8) is 0 Å². The van der Waals surface area contributed by atoms with E-state index in [-0.39, 0.29) is 26.1 Å². The first kappa shape index (κ1) is 36.7. The van der Waals surface area contributed by atoms with Crippen molar-refractivity contribution in [2.75, 3.05) is 47.5 Å². The molecule has 0 heterocycles. The number of nitrogens with zero attached hydrogens (tertiary/aromatic N) is 1. The van der Waals surface area contributed by atoms with Crippen molar-refractivity contribution < 1.29 is 42.1 Å². The predicted octanol–water partition coefficient (Wildman–Crippen LogP) is 5.20. The average molecular weight is 570 g/mol. The maximum Gasteiger partial charge on any atom is 0.310 e. The minimum Gasteiger partial charge on any atom is -0.756 e. The van der Waals surface area contributed by atoms with E-state index in [1.54, 1.807) is 13.0 Å². The number of rotatable bonds is 22. The van der Waals surface area contributed by atoms with Gasteiger partial charge in [-0.3, -0.25) is 14.2 Å². The van der Waals surface area contributed by atoms with Crippen molar-refractivity contribution >= 4 is 19.8 Å². The molecule has 0 saturated carbocycles. The number of esters is 2. The molecule has 0 rings (SSSR count). The lowest BCUT2D eigenvalue weighted by Gasteiger charge is -2.28. The molecule has 2 atom stereocenters. The van der Waals surface area contributed by atoms with Crippen LogP contribution in [0.15, 0.2) is 60.8 Å². The summed E-state index contributed by atoms with van der Waals surface area (Å²) in [5.74, 6) is -1.09. The standard InChI is InChI=1S/C29H48NO8P/c1-6-8-9-10-11-12-13-14-15-16-17-18-19-20-21-22-29(32)38-27(25-35-28(31)7-2)26-37-39(33,34)36-24-23-30(3,4)5/h8-9,11-12,14-15,17-18,20-21,27H,6-7,10,13,16,19,22-26H2,1-5H3/b9-8-,12-11-,15-14-,18-17-,21-20-. The second-order valence-electron chi connectivity index (χ2n) is 9.65. The van der Waals surface area contributed by atoms with Crippen LogP contribution in [0.3, 0.4) is 0 Å². The molecule has 0 bridgehead atoms. The largest absolute Gasteiger partial charge is 0.756 e. The summed E-state index contributed by atoms with van der Waals surface area (Å²) >= 11 is 0. The molecule has 0 aromatic heterocycles. The summed E-state index contributed by atoms with van der Waals surface area (Å²) in [5, 5.41) is 0. The van der Waals surface area contributed by atoms with Gasteiger partial charge in [-0.15, -0.1) is 0 Å². The van der Waals surface area contributed by atoms with Crippen LogP contribution in [0.5, 0.6) is 0 Å². The number of allylic oxidation sites excluding steroid dienone is 9. The van der Waals surface area contributed by atoms with Gasteiger partial charge in [0.2, 0.25) is 0 Å². The third-order valence-electron chi connectivity index (χ3n) is 4.89. The van der Waals surface area contributed by atoms with Crippen LogP contribution in [0.25, 0.3) is 0 Å². The second kappa shape index (κ2) is 22.5. The molecule has 2 unspecified atom stereocenters. The second-order valence-corrected chi connectivity index (χ2v) is 11.1. The quantitative estimate of drug-likeness (QED) is 0.0757. The molecule has 222 valence electrons. The number of quaternary nitrogens is 1. The zero-order valence-corrected chi connectivity index (χ0v) is 25.2. The van der Waals surface area contributed by atoms with Crippen molar-refractivity contribution in [1.82, 2.24) is 0 Å². The van der Waals surface area contributed by atoms with Crippen LogP contribution in [0.1, 0.15) is 58.8 Å². The summed E-state index contributed by atoms with van der Waals surface area (Å²) in [6, 6.07) is 0. The van der Waals surface area contributed by atoms with Crippen LogP contribution >= 0.6 is 7.82 Å². The summed E-state index contributed by atoms with van der Waals surface area (Å²) in [6.07, 6.45) is 23.9. The Bertz CT molecular complexity index is 871. The fraction of sp³-hybridized carbons (Fsp3) is 0.586. The number of likely N-dealkylation sites (N-methyl/N-ethyl adjacent to an activating group) is 1. The Morgan fingerprint density at radius 3 is 1.77 bits per heavy atom. The molecule has 39 heavy (non-hydrogen) atoms. The lowest BCUT2D eigenvalue weighted by atomic mass is 10.2. The van der Waals surface area contributed by atoms with Gasteiger partial charge in [-0.05, 0) is 32.1 Å². The predicted molar refractivity (Wildman–Crippen MR) is 153 cm³/mol. The Morgan fingerprint density at radius 1 is 0.769 bits per heavy atom.